The van der Waals surface area contributed by atoms with Gasteiger partial charge in [0.15, 0.2) is 0 Å². The summed E-state index contributed by atoms with van der Waals surface area (Å²) in [5.74, 6) is 1.14. The number of carbonyl (C=O) groups excluding carboxylic acids is 1. The van der Waals surface area contributed by atoms with E-state index in [1.54, 1.807) is 0 Å². The maximum absolute atomic E-state index is 11.5. The van der Waals surface area contributed by atoms with E-state index in [2.05, 4.69) is 13.8 Å². The van der Waals surface area contributed by atoms with Crippen LogP contribution in [0.4, 0.5) is 0 Å². The van der Waals surface area contributed by atoms with Gasteiger partial charge in [0.2, 0.25) is 0 Å². The standard InChI is InChI=1S/C12H20O3/c1-7(2)10-5-12(15)4-8(14)3-9(10)11(12)6-13/h7,9-11,13,15H,3-6H2,1-2H3/t9-,10-,11+,12-/m0/s1. The number of Topliss-reactive ketones (excluding diaryl/α,β-unsaturated/α-hetero) is 1. The number of ketones is 1. The van der Waals surface area contributed by atoms with Crippen LogP contribution in [0, 0.1) is 23.7 Å². The van der Waals surface area contributed by atoms with Crippen molar-refractivity contribution in [3.05, 3.63) is 0 Å². The van der Waals surface area contributed by atoms with Gasteiger partial charge in [0.25, 0.3) is 0 Å². The average Bonchev–Trinajstić information content (AvgIpc) is 2.30. The topological polar surface area (TPSA) is 57.5 Å². The van der Waals surface area contributed by atoms with Crippen LogP contribution in [0.5, 0.6) is 0 Å². The lowest BCUT2D eigenvalue weighted by Crippen LogP contribution is -2.44. The molecule has 0 aromatic rings. The van der Waals surface area contributed by atoms with Crippen molar-refractivity contribution in [1.29, 1.82) is 0 Å². The summed E-state index contributed by atoms with van der Waals surface area (Å²) in [6.45, 7) is 4.28. The van der Waals surface area contributed by atoms with Crippen molar-refractivity contribution in [1.82, 2.24) is 0 Å². The van der Waals surface area contributed by atoms with Crippen molar-refractivity contribution in [3.8, 4) is 0 Å². The van der Waals surface area contributed by atoms with Crippen LogP contribution in [0.25, 0.3) is 0 Å². The molecule has 0 aromatic heterocycles. The lowest BCUT2D eigenvalue weighted by molar-refractivity contribution is -0.133. The van der Waals surface area contributed by atoms with Gasteiger partial charge in [-0.25, -0.2) is 0 Å². The first-order valence-electron chi connectivity index (χ1n) is 5.83. The van der Waals surface area contributed by atoms with Gasteiger partial charge in [-0.3, -0.25) is 4.79 Å². The summed E-state index contributed by atoms with van der Waals surface area (Å²) < 4.78 is 0. The first kappa shape index (κ1) is 11.1. The van der Waals surface area contributed by atoms with Crippen LogP contribution in [-0.2, 0) is 4.79 Å². The molecule has 2 fully saturated rings. The van der Waals surface area contributed by atoms with Gasteiger partial charge in [-0.2, -0.15) is 0 Å². The Kier molecular flexibility index (Phi) is 2.63. The van der Waals surface area contributed by atoms with Gasteiger partial charge in [-0.1, -0.05) is 13.8 Å². The quantitative estimate of drug-likeness (QED) is 0.717. The number of fused-ring (bicyclic) bond motifs is 2. The predicted octanol–water partition coefficient (Wildman–Crippen LogP) is 0.981. The maximum atomic E-state index is 11.5. The fourth-order valence-corrected chi connectivity index (χ4v) is 3.62. The van der Waals surface area contributed by atoms with Crippen molar-refractivity contribution < 1.29 is 15.0 Å². The van der Waals surface area contributed by atoms with Crippen LogP contribution in [0.2, 0.25) is 0 Å². The van der Waals surface area contributed by atoms with Crippen LogP contribution >= 0.6 is 0 Å². The molecule has 2 saturated carbocycles. The molecule has 0 saturated heterocycles. The van der Waals surface area contributed by atoms with E-state index in [0.29, 0.717) is 24.7 Å². The lowest BCUT2D eigenvalue weighted by atomic mass is 9.73. The third kappa shape index (κ3) is 1.62. The van der Waals surface area contributed by atoms with Crippen molar-refractivity contribution in [3.63, 3.8) is 0 Å². The molecular weight excluding hydrogens is 192 g/mol. The van der Waals surface area contributed by atoms with Gasteiger partial charge in [0.05, 0.1) is 5.60 Å². The summed E-state index contributed by atoms with van der Waals surface area (Å²) >= 11 is 0. The number of carbonyl (C=O) groups is 1. The fourth-order valence-electron chi connectivity index (χ4n) is 3.62. The van der Waals surface area contributed by atoms with E-state index >= 15 is 0 Å². The monoisotopic (exact) mass is 212 g/mol. The van der Waals surface area contributed by atoms with Crippen molar-refractivity contribution >= 4 is 5.78 Å². The van der Waals surface area contributed by atoms with Gasteiger partial charge in [-0.15, -0.1) is 0 Å². The second kappa shape index (κ2) is 3.56. The lowest BCUT2D eigenvalue weighted by Gasteiger charge is -2.35. The largest absolute Gasteiger partial charge is 0.396 e. The Bertz CT molecular complexity index is 274. The number of aliphatic hydroxyl groups is 2. The highest BCUT2D eigenvalue weighted by Gasteiger charge is 2.56. The van der Waals surface area contributed by atoms with Gasteiger partial charge < -0.3 is 10.2 Å². The van der Waals surface area contributed by atoms with Crippen molar-refractivity contribution in [2.75, 3.05) is 6.61 Å². The number of rotatable bonds is 2. The highest BCUT2D eigenvalue weighted by Crippen LogP contribution is 2.53. The molecule has 4 atom stereocenters. The highest BCUT2D eigenvalue weighted by atomic mass is 16.3. The molecule has 2 N–H and O–H groups in total. The smallest absolute Gasteiger partial charge is 0.136 e. The molecule has 2 aliphatic rings. The van der Waals surface area contributed by atoms with E-state index in [9.17, 15) is 15.0 Å². The summed E-state index contributed by atoms with van der Waals surface area (Å²) in [4.78, 5) is 11.5. The Morgan fingerprint density at radius 1 is 1.53 bits per heavy atom. The maximum Gasteiger partial charge on any atom is 0.136 e. The Balaban J connectivity index is 2.29. The third-order valence-electron chi connectivity index (χ3n) is 4.37. The number of hydrogen-bond donors (Lipinski definition) is 2. The van der Waals surface area contributed by atoms with Crippen molar-refractivity contribution in [2.24, 2.45) is 23.7 Å². The Morgan fingerprint density at radius 2 is 2.20 bits per heavy atom. The van der Waals surface area contributed by atoms with Crippen LogP contribution in [0.3, 0.4) is 0 Å². The second-order valence-corrected chi connectivity index (χ2v) is 5.59. The van der Waals surface area contributed by atoms with Crippen LogP contribution in [-0.4, -0.2) is 28.2 Å². The summed E-state index contributed by atoms with van der Waals surface area (Å²) in [6, 6.07) is 0. The van der Waals surface area contributed by atoms with E-state index in [1.807, 2.05) is 0 Å². The highest BCUT2D eigenvalue weighted by molar-refractivity contribution is 5.81. The molecule has 2 bridgehead atoms. The van der Waals surface area contributed by atoms with Gasteiger partial charge in [-0.05, 0) is 24.2 Å². The molecule has 3 nitrogen and oxygen atoms in total. The Labute approximate surface area is 90.5 Å². The van der Waals surface area contributed by atoms with E-state index < -0.39 is 5.60 Å². The molecule has 0 radical (unpaired) electrons. The zero-order chi connectivity index (χ0) is 11.2. The fraction of sp³-hybridized carbons (Fsp3) is 0.917. The first-order valence-corrected chi connectivity index (χ1v) is 5.83. The summed E-state index contributed by atoms with van der Waals surface area (Å²) in [6.07, 6.45) is 1.49. The molecule has 15 heavy (non-hydrogen) atoms. The number of hydrogen-bond acceptors (Lipinski definition) is 3. The summed E-state index contributed by atoms with van der Waals surface area (Å²) in [5.41, 5.74) is -0.913. The molecule has 0 aromatic carbocycles. The van der Waals surface area contributed by atoms with Crippen LogP contribution in [0.1, 0.15) is 33.1 Å². The minimum Gasteiger partial charge on any atom is -0.396 e. The predicted molar refractivity (Wildman–Crippen MR) is 56.2 cm³/mol. The minimum atomic E-state index is -0.913. The number of aliphatic hydroxyl groups excluding tert-OH is 1. The van der Waals surface area contributed by atoms with E-state index in [0.717, 1.165) is 0 Å². The molecule has 0 amide bonds. The van der Waals surface area contributed by atoms with E-state index in [1.165, 1.54) is 0 Å². The zero-order valence-corrected chi connectivity index (χ0v) is 9.44. The Morgan fingerprint density at radius 3 is 2.73 bits per heavy atom. The van der Waals surface area contributed by atoms with E-state index in [-0.39, 0.29) is 30.6 Å². The van der Waals surface area contributed by atoms with Crippen LogP contribution < -0.4 is 0 Å². The second-order valence-electron chi connectivity index (χ2n) is 5.59. The molecule has 2 rings (SSSR count). The van der Waals surface area contributed by atoms with Gasteiger partial charge in [0.1, 0.15) is 5.78 Å². The molecule has 0 spiro atoms. The molecular formula is C12H20O3. The van der Waals surface area contributed by atoms with Gasteiger partial charge in [0, 0.05) is 25.4 Å². The molecule has 3 heteroatoms. The first-order chi connectivity index (χ1) is 6.98. The molecule has 0 heterocycles. The Hall–Kier alpha value is -0.410. The van der Waals surface area contributed by atoms with Gasteiger partial charge >= 0.3 is 0 Å². The molecule has 86 valence electrons. The zero-order valence-electron chi connectivity index (χ0n) is 9.44. The minimum absolute atomic E-state index is 0.0116. The summed E-state index contributed by atoms with van der Waals surface area (Å²) in [5, 5.41) is 19.7. The SMILES string of the molecule is CC(C)[C@@H]1C[C@@]2(O)CC(=O)C[C@@H]1[C@H]2CO. The molecule has 0 unspecified atom stereocenters. The van der Waals surface area contributed by atoms with Crippen molar-refractivity contribution in [2.45, 2.75) is 38.7 Å². The average molecular weight is 212 g/mol. The normalized spacial score (nSPS) is 45.1. The third-order valence-corrected chi connectivity index (χ3v) is 4.37. The molecule has 2 aliphatic carbocycles. The van der Waals surface area contributed by atoms with E-state index in [4.69, 9.17) is 0 Å². The van der Waals surface area contributed by atoms with Crippen LogP contribution in [0.15, 0.2) is 0 Å². The molecule has 0 aliphatic heterocycles. The summed E-state index contributed by atoms with van der Waals surface area (Å²) in [7, 11) is 0.